The minimum atomic E-state index is -1.27. The van der Waals surface area contributed by atoms with Gasteiger partial charge in [0, 0.05) is 50.6 Å². The molecule has 0 unspecified atom stereocenters. The highest BCUT2D eigenvalue weighted by Gasteiger charge is 2.50. The molecule has 6 rings (SSSR count). The van der Waals surface area contributed by atoms with Crippen molar-refractivity contribution in [2.24, 2.45) is 5.41 Å². The molecule has 1 spiro atoms. The van der Waals surface area contributed by atoms with Crippen LogP contribution in [0, 0.1) is 5.41 Å². The van der Waals surface area contributed by atoms with E-state index in [0.29, 0.717) is 49.4 Å². The Hall–Kier alpha value is -2.19. The van der Waals surface area contributed by atoms with E-state index in [1.807, 2.05) is 12.1 Å². The second kappa shape index (κ2) is 9.11. The van der Waals surface area contributed by atoms with Gasteiger partial charge in [0.1, 0.15) is 18.0 Å². The van der Waals surface area contributed by atoms with Crippen molar-refractivity contribution in [1.29, 1.82) is 0 Å². The lowest BCUT2D eigenvalue weighted by molar-refractivity contribution is -0.0326. The second-order valence-corrected chi connectivity index (χ2v) is 10.9. The highest BCUT2D eigenvalue weighted by atomic mass is 19.1. The molecule has 3 aliphatic heterocycles. The van der Waals surface area contributed by atoms with Crippen LogP contribution in [0.4, 0.5) is 10.4 Å². The van der Waals surface area contributed by atoms with Gasteiger partial charge in [0.15, 0.2) is 0 Å². The van der Waals surface area contributed by atoms with Crippen LogP contribution < -0.4 is 9.64 Å². The van der Waals surface area contributed by atoms with Crippen LogP contribution in [0.3, 0.4) is 0 Å². The highest BCUT2D eigenvalue weighted by Crippen LogP contribution is 2.49. The quantitative estimate of drug-likeness (QED) is 0.627. The van der Waals surface area contributed by atoms with Crippen LogP contribution in [0.5, 0.6) is 5.75 Å². The van der Waals surface area contributed by atoms with Gasteiger partial charge in [-0.2, -0.15) is 0 Å². The van der Waals surface area contributed by atoms with Crippen molar-refractivity contribution in [3.8, 4) is 5.75 Å². The van der Waals surface area contributed by atoms with E-state index in [1.54, 1.807) is 0 Å². The van der Waals surface area contributed by atoms with Crippen molar-refractivity contribution in [2.75, 3.05) is 50.9 Å². The lowest BCUT2D eigenvalue weighted by atomic mass is 9.78. The number of para-hydroxylation sites is 1. The van der Waals surface area contributed by atoms with Gasteiger partial charge in [0.2, 0.25) is 6.39 Å². The van der Waals surface area contributed by atoms with Gasteiger partial charge in [-0.25, -0.2) is 4.39 Å². The molecule has 4 aliphatic rings. The van der Waals surface area contributed by atoms with Crippen molar-refractivity contribution in [3.05, 3.63) is 36.2 Å². The summed E-state index contributed by atoms with van der Waals surface area (Å²) >= 11 is 0. The first-order valence-electron chi connectivity index (χ1n) is 12.9. The lowest BCUT2D eigenvalue weighted by Crippen LogP contribution is -2.56. The largest absolute Gasteiger partial charge is 0.490 e. The molecule has 34 heavy (non-hydrogen) atoms. The van der Waals surface area contributed by atoms with E-state index in [9.17, 15) is 0 Å². The fraction of sp³-hybridized carbons (Fsp3) is 0.692. The molecule has 1 aliphatic carbocycles. The van der Waals surface area contributed by atoms with E-state index in [4.69, 9.17) is 13.9 Å². The molecule has 1 saturated carbocycles. The zero-order valence-electron chi connectivity index (χ0n) is 19.8. The summed E-state index contributed by atoms with van der Waals surface area (Å²) in [5, 5.41) is 7.86. The summed E-state index contributed by atoms with van der Waals surface area (Å²) in [6.07, 6.45) is 8.35. The van der Waals surface area contributed by atoms with Gasteiger partial charge in [-0.05, 0) is 62.7 Å². The maximum Gasteiger partial charge on any atom is 0.317 e. The fourth-order valence-corrected chi connectivity index (χ4v) is 6.59. The number of alkyl halides is 1. The van der Waals surface area contributed by atoms with Gasteiger partial charge in [0.25, 0.3) is 0 Å². The normalized spacial score (nSPS) is 27.1. The average molecular weight is 471 g/mol. The predicted molar refractivity (Wildman–Crippen MR) is 126 cm³/mol. The molecule has 1 atom stereocenters. The summed E-state index contributed by atoms with van der Waals surface area (Å²) in [6.45, 7) is 5.41. The Morgan fingerprint density at radius 3 is 2.62 bits per heavy atom. The first-order valence-corrected chi connectivity index (χ1v) is 12.9. The van der Waals surface area contributed by atoms with Crippen molar-refractivity contribution in [2.45, 2.75) is 62.6 Å². The molecule has 0 N–H and O–H groups in total. The van der Waals surface area contributed by atoms with E-state index in [2.05, 4.69) is 32.1 Å². The molecule has 3 saturated heterocycles. The number of hydrogen-bond donors (Lipinski definition) is 0. The molecular formula is C26H35FN4O3. The maximum atomic E-state index is 15.0. The summed E-state index contributed by atoms with van der Waals surface area (Å²) < 4.78 is 31.8. The molecule has 0 radical (unpaired) electrons. The molecule has 0 bridgehead atoms. The smallest absolute Gasteiger partial charge is 0.317 e. The molecule has 7 nitrogen and oxygen atoms in total. The summed E-state index contributed by atoms with van der Waals surface area (Å²) in [4.78, 5) is 4.92. The summed E-state index contributed by atoms with van der Waals surface area (Å²) in [7, 11) is 0. The third kappa shape index (κ3) is 4.42. The van der Waals surface area contributed by atoms with Crippen LogP contribution in [0.1, 0.15) is 56.4 Å². The number of likely N-dealkylation sites (tertiary alicyclic amines) is 1. The molecule has 2 aromatic rings. The van der Waals surface area contributed by atoms with Crippen molar-refractivity contribution in [1.82, 2.24) is 15.1 Å². The first-order chi connectivity index (χ1) is 16.6. The van der Waals surface area contributed by atoms with E-state index >= 15 is 4.39 Å². The van der Waals surface area contributed by atoms with Crippen LogP contribution >= 0.6 is 0 Å². The Bertz CT molecular complexity index is 951. The molecule has 8 heteroatoms. The molecule has 4 fully saturated rings. The molecule has 4 heterocycles. The van der Waals surface area contributed by atoms with E-state index in [0.717, 1.165) is 44.8 Å². The average Bonchev–Trinajstić information content (AvgIpc) is 3.53. The number of piperidine rings is 1. The van der Waals surface area contributed by atoms with Gasteiger partial charge < -0.3 is 23.7 Å². The molecule has 1 aromatic carbocycles. The Morgan fingerprint density at radius 2 is 1.85 bits per heavy atom. The SMILES string of the molecule is FC1(COc2ccccc2C2CCN([C@@H]3CCC4(C3)CN(c3nnco3)C4)CC2)CCOCC1. The Kier molecular flexibility index (Phi) is 5.97. The summed E-state index contributed by atoms with van der Waals surface area (Å²) in [6, 6.07) is 9.60. The van der Waals surface area contributed by atoms with Gasteiger partial charge in [0.05, 0.1) is 0 Å². The second-order valence-electron chi connectivity index (χ2n) is 10.9. The van der Waals surface area contributed by atoms with Crippen LogP contribution in [0.15, 0.2) is 35.1 Å². The monoisotopic (exact) mass is 470 g/mol. The Labute approximate surface area is 200 Å². The van der Waals surface area contributed by atoms with Crippen molar-refractivity contribution in [3.63, 3.8) is 0 Å². The molecule has 1 aromatic heterocycles. The first kappa shape index (κ1) is 22.3. The predicted octanol–water partition coefficient (Wildman–Crippen LogP) is 4.21. The Balaban J connectivity index is 1.02. The Morgan fingerprint density at radius 1 is 1.06 bits per heavy atom. The van der Waals surface area contributed by atoms with Crippen molar-refractivity contribution >= 4 is 6.01 Å². The zero-order chi connectivity index (χ0) is 23.0. The van der Waals surface area contributed by atoms with Crippen molar-refractivity contribution < 1.29 is 18.3 Å². The van der Waals surface area contributed by atoms with E-state index in [-0.39, 0.29) is 6.61 Å². The molecule has 0 amide bonds. The standard InChI is InChI=1S/C26H35FN4O3/c27-26(9-13-32-14-10-26)18-33-23-4-2-1-3-22(23)20-6-11-30(12-7-20)21-5-8-25(15-21)16-31(17-25)24-29-28-19-34-24/h1-4,19-21H,5-18H2/t21-/m1/s1. The van der Waals surface area contributed by atoms with Gasteiger partial charge in [-0.3, -0.25) is 0 Å². The maximum absolute atomic E-state index is 15.0. The van der Waals surface area contributed by atoms with Crippen LogP contribution in [0.25, 0.3) is 0 Å². The molecular weight excluding hydrogens is 435 g/mol. The summed E-state index contributed by atoms with van der Waals surface area (Å²) in [5.41, 5.74) is 0.395. The fourth-order valence-electron chi connectivity index (χ4n) is 6.59. The zero-order valence-corrected chi connectivity index (χ0v) is 19.8. The van der Waals surface area contributed by atoms with E-state index in [1.165, 1.54) is 31.2 Å². The molecule has 184 valence electrons. The van der Waals surface area contributed by atoms with Crippen LogP contribution in [-0.4, -0.2) is 72.8 Å². The number of aromatic nitrogens is 2. The number of anilines is 1. The minimum Gasteiger partial charge on any atom is -0.490 e. The number of rotatable bonds is 6. The lowest BCUT2D eigenvalue weighted by Gasteiger charge is -2.48. The highest BCUT2D eigenvalue weighted by molar-refractivity contribution is 5.37. The summed E-state index contributed by atoms with van der Waals surface area (Å²) in [5.74, 6) is 1.34. The van der Waals surface area contributed by atoms with Crippen LogP contribution in [0.2, 0.25) is 0 Å². The van der Waals surface area contributed by atoms with Gasteiger partial charge >= 0.3 is 6.01 Å². The topological polar surface area (TPSA) is 63.9 Å². The third-order valence-corrected chi connectivity index (χ3v) is 8.63. The van der Waals surface area contributed by atoms with Gasteiger partial charge in [-0.1, -0.05) is 23.3 Å². The number of halogens is 1. The third-order valence-electron chi connectivity index (χ3n) is 8.63. The minimum absolute atomic E-state index is 0.122. The number of nitrogens with zero attached hydrogens (tertiary/aromatic N) is 4. The van der Waals surface area contributed by atoms with Crippen LogP contribution in [-0.2, 0) is 4.74 Å². The van der Waals surface area contributed by atoms with Gasteiger partial charge in [-0.15, -0.1) is 5.10 Å². The number of benzene rings is 1. The van der Waals surface area contributed by atoms with E-state index < -0.39 is 5.67 Å². The number of ether oxygens (including phenoxy) is 2. The number of hydrogen-bond acceptors (Lipinski definition) is 7.